The zero-order chi connectivity index (χ0) is 17.8. The number of esters is 1. The standard InChI is InChI=1S/C20H21NO4/c1-21(12-16-11-14-7-3-4-8-15(14)13-25-16)19(22)17-9-5-6-10-18(17)20(23)24-2/h3-10,16H,11-13H2,1-2H3. The van der Waals surface area contributed by atoms with Gasteiger partial charge in [-0.15, -0.1) is 0 Å². The first-order valence-electron chi connectivity index (χ1n) is 8.21. The number of nitrogens with zero attached hydrogens (tertiary/aromatic N) is 1. The Balaban J connectivity index is 1.71. The molecule has 1 heterocycles. The molecule has 0 aliphatic carbocycles. The Hall–Kier alpha value is -2.66. The Kier molecular flexibility index (Phi) is 5.14. The van der Waals surface area contributed by atoms with E-state index < -0.39 is 5.97 Å². The zero-order valence-electron chi connectivity index (χ0n) is 14.4. The summed E-state index contributed by atoms with van der Waals surface area (Å²) in [6.45, 7) is 1.02. The van der Waals surface area contributed by atoms with Crippen LogP contribution in [0.2, 0.25) is 0 Å². The van der Waals surface area contributed by atoms with Crippen LogP contribution in [0.15, 0.2) is 48.5 Å². The predicted octanol–water partition coefficient (Wildman–Crippen LogP) is 2.69. The second-order valence-corrected chi connectivity index (χ2v) is 6.13. The Morgan fingerprint density at radius 3 is 2.44 bits per heavy atom. The third kappa shape index (κ3) is 3.72. The van der Waals surface area contributed by atoms with Crippen molar-refractivity contribution in [2.24, 2.45) is 0 Å². The van der Waals surface area contributed by atoms with Gasteiger partial charge in [-0.1, -0.05) is 36.4 Å². The Morgan fingerprint density at radius 2 is 1.72 bits per heavy atom. The lowest BCUT2D eigenvalue weighted by atomic mass is 9.99. The molecule has 0 saturated heterocycles. The van der Waals surface area contributed by atoms with Crippen LogP contribution in [0.5, 0.6) is 0 Å². The highest BCUT2D eigenvalue weighted by molar-refractivity contribution is 6.05. The van der Waals surface area contributed by atoms with E-state index in [0.29, 0.717) is 18.7 Å². The number of rotatable bonds is 4. The highest BCUT2D eigenvalue weighted by Crippen LogP contribution is 2.21. The lowest BCUT2D eigenvalue weighted by Crippen LogP contribution is -2.38. The molecule has 0 bridgehead atoms. The lowest BCUT2D eigenvalue weighted by molar-refractivity contribution is 0.00979. The molecule has 0 spiro atoms. The van der Waals surface area contributed by atoms with Crippen molar-refractivity contribution in [3.8, 4) is 0 Å². The molecule has 1 unspecified atom stereocenters. The average Bonchev–Trinajstić information content (AvgIpc) is 2.66. The largest absolute Gasteiger partial charge is 0.465 e. The first kappa shape index (κ1) is 17.2. The second-order valence-electron chi connectivity index (χ2n) is 6.13. The highest BCUT2D eigenvalue weighted by Gasteiger charge is 2.25. The number of likely N-dealkylation sites (N-methyl/N-ethyl adjacent to an activating group) is 1. The van der Waals surface area contributed by atoms with Gasteiger partial charge in [-0.3, -0.25) is 4.79 Å². The summed E-state index contributed by atoms with van der Waals surface area (Å²) in [5.74, 6) is -0.733. The van der Waals surface area contributed by atoms with Gasteiger partial charge in [-0.25, -0.2) is 4.79 Å². The molecule has 2 aromatic rings. The number of methoxy groups -OCH3 is 1. The third-order valence-corrected chi connectivity index (χ3v) is 4.43. The average molecular weight is 339 g/mol. The number of amides is 1. The van der Waals surface area contributed by atoms with Crippen LogP contribution in [0.3, 0.4) is 0 Å². The van der Waals surface area contributed by atoms with Crippen molar-refractivity contribution >= 4 is 11.9 Å². The molecule has 3 rings (SSSR count). The van der Waals surface area contributed by atoms with Gasteiger partial charge in [0.25, 0.3) is 5.91 Å². The summed E-state index contributed by atoms with van der Waals surface area (Å²) in [5.41, 5.74) is 3.07. The summed E-state index contributed by atoms with van der Waals surface area (Å²) in [6.07, 6.45) is 0.709. The van der Waals surface area contributed by atoms with Gasteiger partial charge in [0.05, 0.1) is 30.9 Å². The van der Waals surface area contributed by atoms with Gasteiger partial charge in [0.2, 0.25) is 0 Å². The van der Waals surface area contributed by atoms with Crippen molar-refractivity contribution in [1.82, 2.24) is 4.90 Å². The number of hydrogen-bond donors (Lipinski definition) is 0. The molecule has 1 amide bonds. The van der Waals surface area contributed by atoms with Crippen molar-refractivity contribution in [1.29, 1.82) is 0 Å². The molecular weight excluding hydrogens is 318 g/mol. The quantitative estimate of drug-likeness (QED) is 0.804. The van der Waals surface area contributed by atoms with E-state index in [2.05, 4.69) is 12.1 Å². The first-order valence-corrected chi connectivity index (χ1v) is 8.21. The number of ether oxygens (including phenoxy) is 2. The molecule has 0 N–H and O–H groups in total. The fraction of sp³-hybridized carbons (Fsp3) is 0.300. The van der Waals surface area contributed by atoms with E-state index in [1.165, 1.54) is 18.2 Å². The van der Waals surface area contributed by atoms with Gasteiger partial charge in [0, 0.05) is 20.0 Å². The summed E-state index contributed by atoms with van der Waals surface area (Å²) in [5, 5.41) is 0. The molecule has 2 aromatic carbocycles. The van der Waals surface area contributed by atoms with Crippen LogP contribution >= 0.6 is 0 Å². The number of fused-ring (bicyclic) bond motifs is 1. The SMILES string of the molecule is COC(=O)c1ccccc1C(=O)N(C)CC1Cc2ccccc2CO1. The molecule has 0 radical (unpaired) electrons. The molecule has 130 valence electrons. The molecule has 1 aliphatic heterocycles. The van der Waals surface area contributed by atoms with Gasteiger partial charge in [0.15, 0.2) is 0 Å². The van der Waals surface area contributed by atoms with E-state index in [4.69, 9.17) is 9.47 Å². The van der Waals surface area contributed by atoms with Gasteiger partial charge >= 0.3 is 5.97 Å². The molecule has 0 fully saturated rings. The van der Waals surface area contributed by atoms with Crippen molar-refractivity contribution in [2.45, 2.75) is 19.1 Å². The van der Waals surface area contributed by atoms with E-state index in [0.717, 1.165) is 6.42 Å². The molecule has 0 aromatic heterocycles. The minimum atomic E-state index is -0.514. The normalized spacial score (nSPS) is 16.0. The van der Waals surface area contributed by atoms with Crippen LogP contribution < -0.4 is 0 Å². The van der Waals surface area contributed by atoms with Crippen LogP contribution in [0.1, 0.15) is 31.8 Å². The van der Waals surface area contributed by atoms with Crippen LogP contribution in [0, 0.1) is 0 Å². The van der Waals surface area contributed by atoms with Gasteiger partial charge in [-0.2, -0.15) is 0 Å². The molecular formula is C20H21NO4. The van der Waals surface area contributed by atoms with E-state index in [1.807, 2.05) is 12.1 Å². The molecule has 1 aliphatic rings. The van der Waals surface area contributed by atoms with Gasteiger partial charge < -0.3 is 14.4 Å². The predicted molar refractivity (Wildman–Crippen MR) is 93.5 cm³/mol. The monoisotopic (exact) mass is 339 g/mol. The maximum atomic E-state index is 12.8. The summed E-state index contributed by atoms with van der Waals surface area (Å²) >= 11 is 0. The highest BCUT2D eigenvalue weighted by atomic mass is 16.5. The fourth-order valence-electron chi connectivity index (χ4n) is 3.08. The second kappa shape index (κ2) is 7.49. The smallest absolute Gasteiger partial charge is 0.338 e. The topological polar surface area (TPSA) is 55.8 Å². The summed E-state index contributed by atoms with van der Waals surface area (Å²) in [7, 11) is 3.03. The Morgan fingerprint density at radius 1 is 1.08 bits per heavy atom. The van der Waals surface area contributed by atoms with Crippen molar-refractivity contribution in [3.63, 3.8) is 0 Å². The number of carbonyl (C=O) groups excluding carboxylic acids is 2. The maximum Gasteiger partial charge on any atom is 0.338 e. The van der Waals surface area contributed by atoms with Crippen molar-refractivity contribution in [3.05, 3.63) is 70.8 Å². The molecule has 0 saturated carbocycles. The summed E-state index contributed by atoms with van der Waals surface area (Å²) < 4.78 is 10.6. The zero-order valence-corrected chi connectivity index (χ0v) is 14.4. The molecule has 5 nitrogen and oxygen atoms in total. The minimum absolute atomic E-state index is 0.0610. The van der Waals surface area contributed by atoms with Gasteiger partial charge in [-0.05, 0) is 23.3 Å². The maximum absolute atomic E-state index is 12.8. The van der Waals surface area contributed by atoms with E-state index in [-0.39, 0.29) is 17.6 Å². The Labute approximate surface area is 147 Å². The Bertz CT molecular complexity index is 787. The molecule has 1 atom stereocenters. The fourth-order valence-corrected chi connectivity index (χ4v) is 3.08. The molecule has 5 heteroatoms. The lowest BCUT2D eigenvalue weighted by Gasteiger charge is -2.29. The third-order valence-electron chi connectivity index (χ3n) is 4.43. The van der Waals surface area contributed by atoms with Crippen molar-refractivity contribution < 1.29 is 19.1 Å². The van der Waals surface area contributed by atoms with E-state index in [9.17, 15) is 9.59 Å². The number of benzene rings is 2. The first-order chi connectivity index (χ1) is 12.1. The van der Waals surface area contributed by atoms with Crippen molar-refractivity contribution in [2.75, 3.05) is 20.7 Å². The van der Waals surface area contributed by atoms with E-state index in [1.54, 1.807) is 36.2 Å². The molecule has 25 heavy (non-hydrogen) atoms. The van der Waals surface area contributed by atoms with E-state index >= 15 is 0 Å². The van der Waals surface area contributed by atoms with Gasteiger partial charge in [0.1, 0.15) is 0 Å². The van der Waals surface area contributed by atoms with Crippen LogP contribution in [0.4, 0.5) is 0 Å². The minimum Gasteiger partial charge on any atom is -0.465 e. The van der Waals surface area contributed by atoms with Crippen LogP contribution in [-0.4, -0.2) is 43.6 Å². The summed E-state index contributed by atoms with van der Waals surface area (Å²) in [6, 6.07) is 14.9. The number of carbonyl (C=O) groups is 2. The van der Waals surface area contributed by atoms with Crippen LogP contribution in [0.25, 0.3) is 0 Å². The number of hydrogen-bond acceptors (Lipinski definition) is 4. The van der Waals surface area contributed by atoms with Crippen LogP contribution in [-0.2, 0) is 22.5 Å². The summed E-state index contributed by atoms with van der Waals surface area (Å²) in [4.78, 5) is 26.2.